The average Bonchev–Trinajstić information content (AvgIpc) is 2.84. The predicted octanol–water partition coefficient (Wildman–Crippen LogP) is 2.59. The Labute approximate surface area is 121 Å². The van der Waals surface area contributed by atoms with E-state index in [1.54, 1.807) is 0 Å². The third-order valence-electron chi connectivity index (χ3n) is 4.24. The molecule has 0 amide bonds. The lowest BCUT2D eigenvalue weighted by atomic mass is 9.77. The van der Waals surface area contributed by atoms with E-state index >= 15 is 0 Å². The Bertz CT molecular complexity index is 528. The van der Waals surface area contributed by atoms with Gasteiger partial charge in [0.25, 0.3) is 0 Å². The lowest BCUT2D eigenvalue weighted by molar-refractivity contribution is 0.231. The fraction of sp³-hybridized carbons (Fsp3) is 0.857. The number of nitrogens with zero attached hydrogens (tertiary/aromatic N) is 2. The standard InChI is InChI=1S/C14H24N2O3S/c1-10(2)11-4-6-12(7-5-11)14-15-13(16-19-14)8-9-20(3,17)18/h10-12H,4-9H2,1-3H3. The zero-order chi connectivity index (χ0) is 14.8. The number of hydrogen-bond donors (Lipinski definition) is 0. The molecule has 0 radical (unpaired) electrons. The molecule has 20 heavy (non-hydrogen) atoms. The van der Waals surface area contributed by atoms with Crippen molar-refractivity contribution < 1.29 is 12.9 Å². The smallest absolute Gasteiger partial charge is 0.229 e. The highest BCUT2D eigenvalue weighted by Gasteiger charge is 2.27. The van der Waals surface area contributed by atoms with E-state index in [0.717, 1.165) is 24.7 Å². The number of sulfone groups is 1. The molecule has 2 rings (SSSR count). The van der Waals surface area contributed by atoms with Crippen LogP contribution >= 0.6 is 0 Å². The molecule has 114 valence electrons. The first kappa shape index (κ1) is 15.5. The van der Waals surface area contributed by atoms with Gasteiger partial charge < -0.3 is 4.52 Å². The minimum absolute atomic E-state index is 0.0755. The lowest BCUT2D eigenvalue weighted by Gasteiger charge is -2.28. The Hall–Kier alpha value is -0.910. The SMILES string of the molecule is CC(C)C1CCC(c2nc(CCS(C)(=O)=O)no2)CC1. The summed E-state index contributed by atoms with van der Waals surface area (Å²) in [7, 11) is -2.98. The molecule has 0 atom stereocenters. The lowest BCUT2D eigenvalue weighted by Crippen LogP contribution is -2.17. The third kappa shape index (κ3) is 4.30. The summed E-state index contributed by atoms with van der Waals surface area (Å²) in [4.78, 5) is 4.36. The molecule has 0 aliphatic heterocycles. The van der Waals surface area contributed by atoms with Gasteiger partial charge in [-0.25, -0.2) is 8.42 Å². The quantitative estimate of drug-likeness (QED) is 0.835. The maximum atomic E-state index is 11.1. The van der Waals surface area contributed by atoms with Crippen LogP contribution in [-0.4, -0.2) is 30.6 Å². The molecule has 0 N–H and O–H groups in total. The van der Waals surface area contributed by atoms with E-state index in [9.17, 15) is 8.42 Å². The molecule has 1 aliphatic carbocycles. The Morgan fingerprint density at radius 2 is 1.90 bits per heavy atom. The zero-order valence-corrected chi connectivity index (χ0v) is 13.3. The van der Waals surface area contributed by atoms with Gasteiger partial charge in [0.05, 0.1) is 5.75 Å². The minimum Gasteiger partial charge on any atom is -0.339 e. The molecule has 0 aromatic carbocycles. The summed E-state index contributed by atoms with van der Waals surface area (Å²) in [6.07, 6.45) is 6.17. The van der Waals surface area contributed by atoms with E-state index in [0.29, 0.717) is 24.1 Å². The molecule has 1 aromatic heterocycles. The zero-order valence-electron chi connectivity index (χ0n) is 12.5. The van der Waals surface area contributed by atoms with Crippen molar-refractivity contribution in [2.24, 2.45) is 11.8 Å². The molecular weight excluding hydrogens is 276 g/mol. The topological polar surface area (TPSA) is 73.1 Å². The number of hydrogen-bond acceptors (Lipinski definition) is 5. The van der Waals surface area contributed by atoms with E-state index in [4.69, 9.17) is 4.52 Å². The van der Waals surface area contributed by atoms with Crippen molar-refractivity contribution in [3.05, 3.63) is 11.7 Å². The summed E-state index contributed by atoms with van der Waals surface area (Å²) >= 11 is 0. The predicted molar refractivity (Wildman–Crippen MR) is 77.2 cm³/mol. The summed E-state index contributed by atoms with van der Waals surface area (Å²) in [5.41, 5.74) is 0. The van der Waals surface area contributed by atoms with Crippen molar-refractivity contribution in [2.75, 3.05) is 12.0 Å². The van der Waals surface area contributed by atoms with Crippen LogP contribution in [0.25, 0.3) is 0 Å². The van der Waals surface area contributed by atoms with E-state index in [1.807, 2.05) is 0 Å². The molecule has 0 unspecified atom stereocenters. The first-order chi connectivity index (χ1) is 9.35. The monoisotopic (exact) mass is 300 g/mol. The van der Waals surface area contributed by atoms with Crippen molar-refractivity contribution in [3.8, 4) is 0 Å². The highest BCUT2D eigenvalue weighted by molar-refractivity contribution is 7.90. The highest BCUT2D eigenvalue weighted by atomic mass is 32.2. The molecule has 1 fully saturated rings. The van der Waals surface area contributed by atoms with E-state index in [2.05, 4.69) is 24.0 Å². The first-order valence-electron chi connectivity index (χ1n) is 7.35. The number of aromatic nitrogens is 2. The average molecular weight is 300 g/mol. The normalized spacial score (nSPS) is 24.2. The first-order valence-corrected chi connectivity index (χ1v) is 9.41. The Morgan fingerprint density at radius 3 is 2.45 bits per heavy atom. The molecule has 5 nitrogen and oxygen atoms in total. The molecule has 0 spiro atoms. The Morgan fingerprint density at radius 1 is 1.25 bits per heavy atom. The van der Waals surface area contributed by atoms with Crippen molar-refractivity contribution in [3.63, 3.8) is 0 Å². The summed E-state index contributed by atoms with van der Waals surface area (Å²) in [6, 6.07) is 0. The number of aryl methyl sites for hydroxylation is 1. The molecule has 1 heterocycles. The van der Waals surface area contributed by atoms with Crippen molar-refractivity contribution in [1.82, 2.24) is 10.1 Å². The largest absolute Gasteiger partial charge is 0.339 e. The van der Waals surface area contributed by atoms with Crippen molar-refractivity contribution in [1.29, 1.82) is 0 Å². The fourth-order valence-corrected chi connectivity index (χ4v) is 3.40. The molecule has 6 heteroatoms. The van der Waals surface area contributed by atoms with Gasteiger partial charge >= 0.3 is 0 Å². The van der Waals surface area contributed by atoms with Gasteiger partial charge in [-0.05, 0) is 37.5 Å². The van der Waals surface area contributed by atoms with Gasteiger partial charge in [0.2, 0.25) is 5.89 Å². The van der Waals surface area contributed by atoms with E-state index < -0.39 is 9.84 Å². The van der Waals surface area contributed by atoms with Crippen LogP contribution in [0.1, 0.15) is 57.2 Å². The van der Waals surface area contributed by atoms with Gasteiger partial charge in [0, 0.05) is 18.6 Å². The summed E-state index contributed by atoms with van der Waals surface area (Å²) < 4.78 is 27.6. The van der Waals surface area contributed by atoms with Gasteiger partial charge in [0.1, 0.15) is 9.84 Å². The molecule has 1 aliphatic rings. The van der Waals surface area contributed by atoms with Crippen LogP contribution in [0, 0.1) is 11.8 Å². The maximum absolute atomic E-state index is 11.1. The highest BCUT2D eigenvalue weighted by Crippen LogP contribution is 2.37. The number of rotatable bonds is 5. The van der Waals surface area contributed by atoms with Gasteiger partial charge in [-0.15, -0.1) is 0 Å². The Kier molecular flexibility index (Phi) is 4.83. The van der Waals surface area contributed by atoms with Crippen LogP contribution in [0.15, 0.2) is 4.52 Å². The van der Waals surface area contributed by atoms with Crippen LogP contribution in [0.2, 0.25) is 0 Å². The molecule has 0 saturated heterocycles. The second kappa shape index (κ2) is 6.24. The van der Waals surface area contributed by atoms with Crippen LogP contribution in [0.5, 0.6) is 0 Å². The van der Waals surface area contributed by atoms with Crippen LogP contribution < -0.4 is 0 Å². The fourth-order valence-electron chi connectivity index (χ4n) is 2.84. The van der Waals surface area contributed by atoms with E-state index in [-0.39, 0.29) is 5.75 Å². The Balaban J connectivity index is 1.90. The molecular formula is C14H24N2O3S. The van der Waals surface area contributed by atoms with Crippen molar-refractivity contribution in [2.45, 2.75) is 51.9 Å². The van der Waals surface area contributed by atoms with Gasteiger partial charge in [-0.3, -0.25) is 0 Å². The van der Waals surface area contributed by atoms with Crippen LogP contribution in [0.3, 0.4) is 0 Å². The van der Waals surface area contributed by atoms with Gasteiger partial charge in [-0.2, -0.15) is 4.98 Å². The van der Waals surface area contributed by atoms with Crippen molar-refractivity contribution >= 4 is 9.84 Å². The summed E-state index contributed by atoms with van der Waals surface area (Å²) in [5.74, 6) is 3.17. The maximum Gasteiger partial charge on any atom is 0.229 e. The van der Waals surface area contributed by atoms with Gasteiger partial charge in [-0.1, -0.05) is 19.0 Å². The third-order valence-corrected chi connectivity index (χ3v) is 5.19. The summed E-state index contributed by atoms with van der Waals surface area (Å²) in [6.45, 7) is 4.56. The molecule has 1 saturated carbocycles. The molecule has 0 bridgehead atoms. The summed E-state index contributed by atoms with van der Waals surface area (Å²) in [5, 5.41) is 3.90. The minimum atomic E-state index is -2.98. The van der Waals surface area contributed by atoms with Crippen LogP contribution in [0.4, 0.5) is 0 Å². The van der Waals surface area contributed by atoms with Crippen LogP contribution in [-0.2, 0) is 16.3 Å². The second-order valence-electron chi connectivity index (χ2n) is 6.28. The second-order valence-corrected chi connectivity index (χ2v) is 8.54. The van der Waals surface area contributed by atoms with Gasteiger partial charge in [0.15, 0.2) is 5.82 Å². The van der Waals surface area contributed by atoms with E-state index in [1.165, 1.54) is 19.1 Å². The molecule has 1 aromatic rings.